The Bertz CT molecular complexity index is 603. The fourth-order valence-electron chi connectivity index (χ4n) is 2.02. The molecule has 1 amide bonds. The van der Waals surface area contributed by atoms with Gasteiger partial charge < -0.3 is 11.1 Å². The van der Waals surface area contributed by atoms with E-state index in [-0.39, 0.29) is 11.9 Å². The average Bonchev–Trinajstić information content (AvgIpc) is 2.38. The molecule has 20 heavy (non-hydrogen) atoms. The smallest absolute Gasteiger partial charge is 0.251 e. The van der Waals surface area contributed by atoms with Crippen molar-refractivity contribution in [2.24, 2.45) is 0 Å². The van der Waals surface area contributed by atoms with E-state index in [1.807, 2.05) is 50.2 Å². The van der Waals surface area contributed by atoms with Gasteiger partial charge in [0.15, 0.2) is 0 Å². The molecule has 1 atom stereocenters. The highest BCUT2D eigenvalue weighted by atomic mass is 35.5. The van der Waals surface area contributed by atoms with E-state index >= 15 is 0 Å². The topological polar surface area (TPSA) is 55.1 Å². The molecule has 3 N–H and O–H groups in total. The summed E-state index contributed by atoms with van der Waals surface area (Å²) < 4.78 is 0. The van der Waals surface area contributed by atoms with Crippen molar-refractivity contribution in [1.82, 2.24) is 5.32 Å². The molecule has 0 aliphatic carbocycles. The molecule has 0 aromatic heterocycles. The van der Waals surface area contributed by atoms with E-state index in [4.69, 9.17) is 17.3 Å². The van der Waals surface area contributed by atoms with Crippen molar-refractivity contribution in [3.8, 4) is 0 Å². The minimum Gasteiger partial charge on any atom is -0.399 e. The average molecular weight is 289 g/mol. The van der Waals surface area contributed by atoms with Crippen molar-refractivity contribution >= 4 is 23.2 Å². The number of nitrogen functional groups attached to an aromatic ring is 1. The summed E-state index contributed by atoms with van der Waals surface area (Å²) in [6.07, 6.45) is 0. The molecular weight excluding hydrogens is 272 g/mol. The molecule has 0 aliphatic heterocycles. The molecule has 3 nitrogen and oxygen atoms in total. The van der Waals surface area contributed by atoms with E-state index < -0.39 is 0 Å². The van der Waals surface area contributed by atoms with Crippen molar-refractivity contribution in [2.75, 3.05) is 5.73 Å². The van der Waals surface area contributed by atoms with Gasteiger partial charge in [-0.2, -0.15) is 0 Å². The highest BCUT2D eigenvalue weighted by molar-refractivity contribution is 6.31. The molecule has 0 saturated carbocycles. The molecule has 0 saturated heterocycles. The van der Waals surface area contributed by atoms with Crippen LogP contribution >= 0.6 is 11.6 Å². The van der Waals surface area contributed by atoms with Gasteiger partial charge in [-0.3, -0.25) is 4.79 Å². The van der Waals surface area contributed by atoms with Gasteiger partial charge in [-0.15, -0.1) is 0 Å². The Balaban J connectivity index is 2.12. The number of benzene rings is 2. The molecule has 1 unspecified atom stereocenters. The fourth-order valence-corrected chi connectivity index (χ4v) is 2.31. The monoisotopic (exact) mass is 288 g/mol. The summed E-state index contributed by atoms with van der Waals surface area (Å²) in [6, 6.07) is 12.7. The first-order valence-electron chi connectivity index (χ1n) is 6.39. The van der Waals surface area contributed by atoms with Crippen LogP contribution in [0.25, 0.3) is 0 Å². The van der Waals surface area contributed by atoms with Crippen LogP contribution in [0.3, 0.4) is 0 Å². The number of anilines is 1. The summed E-state index contributed by atoms with van der Waals surface area (Å²) in [6.45, 7) is 3.84. The largest absolute Gasteiger partial charge is 0.399 e. The van der Waals surface area contributed by atoms with Crippen molar-refractivity contribution < 1.29 is 4.79 Å². The van der Waals surface area contributed by atoms with Crippen LogP contribution in [0.1, 0.15) is 34.5 Å². The first-order valence-corrected chi connectivity index (χ1v) is 6.77. The number of nitrogens with one attached hydrogen (secondary N) is 1. The third kappa shape index (κ3) is 3.52. The predicted molar refractivity (Wildman–Crippen MR) is 82.9 cm³/mol. The molecule has 0 bridgehead atoms. The van der Waals surface area contributed by atoms with Crippen LogP contribution in [0.2, 0.25) is 5.02 Å². The molecule has 0 heterocycles. The van der Waals surface area contributed by atoms with Crippen LogP contribution in [0, 0.1) is 6.92 Å². The van der Waals surface area contributed by atoms with Gasteiger partial charge in [0.1, 0.15) is 0 Å². The van der Waals surface area contributed by atoms with Crippen LogP contribution < -0.4 is 11.1 Å². The lowest BCUT2D eigenvalue weighted by atomic mass is 10.1. The molecule has 2 aromatic carbocycles. The Hall–Kier alpha value is -2.00. The molecular formula is C16H17ClN2O. The second-order valence-electron chi connectivity index (χ2n) is 4.88. The number of hydrogen-bond donors (Lipinski definition) is 2. The first-order chi connectivity index (χ1) is 9.45. The van der Waals surface area contributed by atoms with Gasteiger partial charge in [0.05, 0.1) is 6.04 Å². The number of carbonyl (C=O) groups is 1. The molecule has 0 spiro atoms. The van der Waals surface area contributed by atoms with Crippen molar-refractivity contribution in [3.63, 3.8) is 0 Å². The van der Waals surface area contributed by atoms with E-state index in [1.165, 1.54) is 0 Å². The van der Waals surface area contributed by atoms with Crippen LogP contribution in [-0.4, -0.2) is 5.91 Å². The van der Waals surface area contributed by atoms with E-state index in [0.29, 0.717) is 16.3 Å². The maximum Gasteiger partial charge on any atom is 0.251 e. The fraction of sp³-hybridized carbons (Fsp3) is 0.188. The molecule has 2 aromatic rings. The van der Waals surface area contributed by atoms with Gasteiger partial charge in [0.25, 0.3) is 5.91 Å². The number of nitrogens with two attached hydrogens (primary N) is 1. The van der Waals surface area contributed by atoms with E-state index in [9.17, 15) is 4.79 Å². The summed E-state index contributed by atoms with van der Waals surface area (Å²) >= 11 is 5.97. The van der Waals surface area contributed by atoms with E-state index in [1.54, 1.807) is 6.07 Å². The molecule has 0 fully saturated rings. The summed E-state index contributed by atoms with van der Waals surface area (Å²) in [5.41, 5.74) is 8.89. The third-order valence-electron chi connectivity index (χ3n) is 3.09. The number of halogens is 1. The Kier molecular flexibility index (Phi) is 4.30. The van der Waals surface area contributed by atoms with Gasteiger partial charge in [0.2, 0.25) is 0 Å². The predicted octanol–water partition coefficient (Wildman–Crippen LogP) is 3.72. The zero-order valence-corrected chi connectivity index (χ0v) is 12.2. The van der Waals surface area contributed by atoms with Crippen molar-refractivity contribution in [2.45, 2.75) is 19.9 Å². The Labute approximate surface area is 123 Å². The highest BCUT2D eigenvalue weighted by Crippen LogP contribution is 2.17. The van der Waals surface area contributed by atoms with Crippen LogP contribution in [0.5, 0.6) is 0 Å². The quantitative estimate of drug-likeness (QED) is 0.846. The molecule has 2 rings (SSSR count). The minimum absolute atomic E-state index is 0.0950. The Morgan fingerprint density at radius 2 is 1.85 bits per heavy atom. The van der Waals surface area contributed by atoms with Crippen LogP contribution in [0.4, 0.5) is 5.69 Å². The third-order valence-corrected chi connectivity index (χ3v) is 3.31. The summed E-state index contributed by atoms with van der Waals surface area (Å²) in [5.74, 6) is -0.139. The standard InChI is InChI=1S/C16H17ClN2O/c1-10-7-13(9-14(17)8-10)16(20)19-11(2)12-3-5-15(18)6-4-12/h3-9,11H,18H2,1-2H3,(H,19,20). The van der Waals surface area contributed by atoms with E-state index in [0.717, 1.165) is 11.1 Å². The number of hydrogen-bond acceptors (Lipinski definition) is 2. The van der Waals surface area contributed by atoms with Crippen molar-refractivity contribution in [3.05, 3.63) is 64.2 Å². The number of amides is 1. The van der Waals surface area contributed by atoms with Crippen LogP contribution in [0.15, 0.2) is 42.5 Å². The summed E-state index contributed by atoms with van der Waals surface area (Å²) in [5, 5.41) is 3.51. The second-order valence-corrected chi connectivity index (χ2v) is 5.32. The van der Waals surface area contributed by atoms with Gasteiger partial charge in [-0.25, -0.2) is 0 Å². The Morgan fingerprint density at radius 1 is 1.20 bits per heavy atom. The van der Waals surface area contributed by atoms with Gasteiger partial charge in [-0.05, 0) is 55.3 Å². The SMILES string of the molecule is Cc1cc(Cl)cc(C(=O)NC(C)c2ccc(N)cc2)c1. The number of rotatable bonds is 3. The summed E-state index contributed by atoms with van der Waals surface area (Å²) in [7, 11) is 0. The van der Waals surface area contributed by atoms with Crippen molar-refractivity contribution in [1.29, 1.82) is 0 Å². The summed E-state index contributed by atoms with van der Waals surface area (Å²) in [4.78, 5) is 12.2. The molecule has 0 radical (unpaired) electrons. The van der Waals surface area contributed by atoms with Gasteiger partial charge >= 0.3 is 0 Å². The molecule has 0 aliphatic rings. The van der Waals surface area contributed by atoms with E-state index in [2.05, 4.69) is 5.32 Å². The number of carbonyl (C=O) groups excluding carboxylic acids is 1. The maximum absolute atomic E-state index is 12.2. The first kappa shape index (κ1) is 14.4. The zero-order valence-electron chi connectivity index (χ0n) is 11.5. The zero-order chi connectivity index (χ0) is 14.7. The van der Waals surface area contributed by atoms with Gasteiger partial charge in [0, 0.05) is 16.3 Å². The van der Waals surface area contributed by atoms with Gasteiger partial charge in [-0.1, -0.05) is 23.7 Å². The lowest BCUT2D eigenvalue weighted by molar-refractivity contribution is 0.0940. The molecule has 4 heteroatoms. The second kappa shape index (κ2) is 5.97. The Morgan fingerprint density at radius 3 is 2.45 bits per heavy atom. The van der Waals surface area contributed by atoms with Crippen LogP contribution in [-0.2, 0) is 0 Å². The number of aryl methyl sites for hydroxylation is 1. The lowest BCUT2D eigenvalue weighted by Gasteiger charge is -2.15. The minimum atomic E-state index is -0.139. The normalized spacial score (nSPS) is 11.9. The highest BCUT2D eigenvalue weighted by Gasteiger charge is 2.12. The molecule has 104 valence electrons. The maximum atomic E-state index is 12.2. The lowest BCUT2D eigenvalue weighted by Crippen LogP contribution is -2.26.